The summed E-state index contributed by atoms with van der Waals surface area (Å²) in [5, 5.41) is 9.08. The van der Waals surface area contributed by atoms with Crippen molar-refractivity contribution in [2.45, 2.75) is 37.2 Å². The second-order valence-corrected chi connectivity index (χ2v) is 8.00. The first kappa shape index (κ1) is 18.3. The molecule has 0 aliphatic carbocycles. The van der Waals surface area contributed by atoms with Gasteiger partial charge in [-0.25, -0.2) is 18.4 Å². The Hall–Kier alpha value is -2.50. The Balaban J connectivity index is 1.76. The van der Waals surface area contributed by atoms with Gasteiger partial charge in [0.2, 0.25) is 15.7 Å². The molecule has 0 saturated carbocycles. The molecule has 0 N–H and O–H groups in total. The standard InChI is InChI=1S/C18H20N4O3S/c1-2-14-5-7-16(8-6-14)26(23,24)22-11-3-4-15(13-22)25-18-17(12-19)20-9-10-21-18/h5-10,15H,2-4,11,13H2,1H3. The summed E-state index contributed by atoms with van der Waals surface area (Å²) >= 11 is 0. The molecule has 136 valence electrons. The Bertz CT molecular complexity index is 907. The van der Waals surface area contributed by atoms with Crippen LogP contribution in [0, 0.1) is 11.3 Å². The maximum absolute atomic E-state index is 12.9. The Morgan fingerprint density at radius 1 is 1.27 bits per heavy atom. The lowest BCUT2D eigenvalue weighted by molar-refractivity contribution is 0.124. The zero-order valence-corrected chi connectivity index (χ0v) is 15.3. The number of nitriles is 1. The van der Waals surface area contributed by atoms with Crippen molar-refractivity contribution >= 4 is 10.0 Å². The molecule has 7 nitrogen and oxygen atoms in total. The number of benzene rings is 1. The van der Waals surface area contributed by atoms with Crippen LogP contribution < -0.4 is 4.74 Å². The van der Waals surface area contributed by atoms with E-state index in [9.17, 15) is 8.42 Å². The molecule has 0 bridgehead atoms. The molecule has 8 heteroatoms. The first-order valence-electron chi connectivity index (χ1n) is 8.51. The van der Waals surface area contributed by atoms with Gasteiger partial charge < -0.3 is 4.74 Å². The summed E-state index contributed by atoms with van der Waals surface area (Å²) in [4.78, 5) is 8.23. The lowest BCUT2D eigenvalue weighted by Crippen LogP contribution is -2.44. The minimum atomic E-state index is -3.58. The molecule has 1 aliphatic rings. The van der Waals surface area contributed by atoms with Crippen LogP contribution in [0.2, 0.25) is 0 Å². The van der Waals surface area contributed by atoms with Crippen molar-refractivity contribution in [3.63, 3.8) is 0 Å². The summed E-state index contributed by atoms with van der Waals surface area (Å²) in [7, 11) is -3.58. The summed E-state index contributed by atoms with van der Waals surface area (Å²) in [5.41, 5.74) is 1.19. The highest BCUT2D eigenvalue weighted by Gasteiger charge is 2.31. The van der Waals surface area contributed by atoms with Gasteiger partial charge >= 0.3 is 0 Å². The molecule has 3 rings (SSSR count). The fraction of sp³-hybridized carbons (Fsp3) is 0.389. The van der Waals surface area contributed by atoms with Gasteiger partial charge in [-0.3, -0.25) is 0 Å². The van der Waals surface area contributed by atoms with Gasteiger partial charge in [-0.1, -0.05) is 19.1 Å². The molecule has 0 spiro atoms. The van der Waals surface area contributed by atoms with E-state index in [4.69, 9.17) is 10.00 Å². The van der Waals surface area contributed by atoms with E-state index >= 15 is 0 Å². The zero-order chi connectivity index (χ0) is 18.6. The molecule has 1 aliphatic heterocycles. The van der Waals surface area contributed by atoms with Gasteiger partial charge in [0.05, 0.1) is 11.4 Å². The van der Waals surface area contributed by atoms with Crippen molar-refractivity contribution in [3.05, 3.63) is 47.9 Å². The van der Waals surface area contributed by atoms with E-state index in [1.807, 2.05) is 25.1 Å². The van der Waals surface area contributed by atoms with Gasteiger partial charge in [0.25, 0.3) is 5.88 Å². The van der Waals surface area contributed by atoms with Crippen molar-refractivity contribution in [1.82, 2.24) is 14.3 Å². The van der Waals surface area contributed by atoms with E-state index in [1.54, 1.807) is 12.1 Å². The number of rotatable bonds is 5. The number of piperidine rings is 1. The molecule has 1 unspecified atom stereocenters. The van der Waals surface area contributed by atoms with E-state index in [0.717, 1.165) is 12.0 Å². The SMILES string of the molecule is CCc1ccc(S(=O)(=O)N2CCCC(Oc3nccnc3C#N)C2)cc1. The monoisotopic (exact) mass is 372 g/mol. The lowest BCUT2D eigenvalue weighted by atomic mass is 10.1. The maximum atomic E-state index is 12.9. The second kappa shape index (κ2) is 7.81. The minimum Gasteiger partial charge on any atom is -0.471 e. The average Bonchev–Trinajstić information content (AvgIpc) is 2.68. The lowest BCUT2D eigenvalue weighted by Gasteiger charge is -2.31. The third-order valence-electron chi connectivity index (χ3n) is 4.36. The van der Waals surface area contributed by atoms with E-state index < -0.39 is 10.0 Å². The van der Waals surface area contributed by atoms with E-state index in [1.165, 1.54) is 16.7 Å². The van der Waals surface area contributed by atoms with E-state index in [-0.39, 0.29) is 29.1 Å². The largest absolute Gasteiger partial charge is 0.471 e. The molecule has 1 aromatic carbocycles. The number of hydrogen-bond acceptors (Lipinski definition) is 6. The number of sulfonamides is 1. The maximum Gasteiger partial charge on any atom is 0.251 e. The molecule has 26 heavy (non-hydrogen) atoms. The normalized spacial score (nSPS) is 18.2. The minimum absolute atomic E-state index is 0.0997. The van der Waals surface area contributed by atoms with E-state index in [2.05, 4.69) is 9.97 Å². The topological polar surface area (TPSA) is 96.2 Å². The summed E-state index contributed by atoms with van der Waals surface area (Å²) < 4.78 is 33.0. The Morgan fingerprint density at radius 3 is 2.69 bits per heavy atom. The Kier molecular flexibility index (Phi) is 5.49. The van der Waals surface area contributed by atoms with Crippen LogP contribution in [0.1, 0.15) is 31.0 Å². The Labute approximate surface area is 153 Å². The van der Waals surface area contributed by atoms with Gasteiger partial charge in [-0.2, -0.15) is 9.57 Å². The summed E-state index contributed by atoms with van der Waals surface area (Å²) in [6.45, 7) is 2.70. The predicted molar refractivity (Wildman–Crippen MR) is 95.0 cm³/mol. The van der Waals surface area contributed by atoms with E-state index in [0.29, 0.717) is 19.4 Å². The number of ether oxygens (including phenoxy) is 1. The highest BCUT2D eigenvalue weighted by molar-refractivity contribution is 7.89. The van der Waals surface area contributed by atoms with Gasteiger partial charge in [-0.05, 0) is 37.0 Å². The fourth-order valence-electron chi connectivity index (χ4n) is 2.91. The summed E-state index contributed by atoms with van der Waals surface area (Å²) in [6, 6.07) is 8.90. The molecule has 1 saturated heterocycles. The van der Waals surface area contributed by atoms with Crippen molar-refractivity contribution < 1.29 is 13.2 Å². The molecule has 1 fully saturated rings. The number of aromatic nitrogens is 2. The van der Waals surface area contributed by atoms with Crippen LogP contribution in [0.3, 0.4) is 0 Å². The first-order chi connectivity index (χ1) is 12.5. The molecular formula is C18H20N4O3S. The van der Waals surface area contributed by atoms with Crippen LogP contribution in [-0.2, 0) is 16.4 Å². The molecule has 2 aromatic rings. The van der Waals surface area contributed by atoms with Crippen LogP contribution in [-0.4, -0.2) is 41.9 Å². The van der Waals surface area contributed by atoms with Crippen molar-refractivity contribution in [2.24, 2.45) is 0 Å². The quantitative estimate of drug-likeness (QED) is 0.798. The van der Waals surface area contributed by atoms with Gasteiger partial charge in [0.1, 0.15) is 12.2 Å². The molecule has 1 atom stereocenters. The third-order valence-corrected chi connectivity index (χ3v) is 6.24. The first-order valence-corrected chi connectivity index (χ1v) is 9.95. The second-order valence-electron chi connectivity index (χ2n) is 6.06. The third kappa shape index (κ3) is 3.84. The molecule has 0 radical (unpaired) electrons. The predicted octanol–water partition coefficient (Wildman–Crippen LogP) is 2.14. The Morgan fingerprint density at radius 2 is 2.00 bits per heavy atom. The zero-order valence-electron chi connectivity index (χ0n) is 14.5. The highest BCUT2D eigenvalue weighted by Crippen LogP contribution is 2.24. The fourth-order valence-corrected chi connectivity index (χ4v) is 4.42. The number of nitrogens with zero attached hydrogens (tertiary/aromatic N) is 4. The summed E-state index contributed by atoms with van der Waals surface area (Å²) in [6.07, 6.45) is 4.74. The smallest absolute Gasteiger partial charge is 0.251 e. The van der Waals surface area contributed by atoms with Crippen molar-refractivity contribution in [3.8, 4) is 11.9 Å². The molecule has 2 heterocycles. The van der Waals surface area contributed by atoms with Crippen molar-refractivity contribution in [1.29, 1.82) is 5.26 Å². The van der Waals surface area contributed by atoms with Crippen LogP contribution in [0.5, 0.6) is 5.88 Å². The molecular weight excluding hydrogens is 352 g/mol. The van der Waals surface area contributed by atoms with Crippen molar-refractivity contribution in [2.75, 3.05) is 13.1 Å². The molecule has 0 amide bonds. The molecule has 1 aromatic heterocycles. The summed E-state index contributed by atoms with van der Waals surface area (Å²) in [5.74, 6) is 0.145. The van der Waals surface area contributed by atoms with Crippen LogP contribution in [0.4, 0.5) is 0 Å². The average molecular weight is 372 g/mol. The highest BCUT2D eigenvalue weighted by atomic mass is 32.2. The number of aryl methyl sites for hydroxylation is 1. The van der Waals surface area contributed by atoms with Gasteiger partial charge in [0, 0.05) is 18.9 Å². The van der Waals surface area contributed by atoms with Gasteiger partial charge in [0.15, 0.2) is 0 Å². The van der Waals surface area contributed by atoms with Gasteiger partial charge in [-0.15, -0.1) is 0 Å². The number of hydrogen-bond donors (Lipinski definition) is 0. The van der Waals surface area contributed by atoms with Crippen LogP contribution in [0.25, 0.3) is 0 Å². The van der Waals surface area contributed by atoms with Crippen LogP contribution >= 0.6 is 0 Å². The van der Waals surface area contributed by atoms with Crippen LogP contribution in [0.15, 0.2) is 41.6 Å².